The van der Waals surface area contributed by atoms with Crippen molar-refractivity contribution in [1.82, 2.24) is 4.90 Å². The third-order valence-corrected chi connectivity index (χ3v) is 4.95. The molecule has 5 heteroatoms. The first-order chi connectivity index (χ1) is 12.8. The molecule has 5 nitrogen and oxygen atoms in total. The molecule has 2 aromatic rings. The summed E-state index contributed by atoms with van der Waals surface area (Å²) >= 11 is 0. The Labute approximate surface area is 160 Å². The lowest BCUT2D eigenvalue weighted by Gasteiger charge is -2.34. The number of hydrogen-bond donors (Lipinski definition) is 0. The molecule has 0 aliphatic carbocycles. The van der Waals surface area contributed by atoms with E-state index >= 15 is 0 Å². The lowest BCUT2D eigenvalue weighted by atomic mass is 9.85. The molecule has 0 atom stereocenters. The summed E-state index contributed by atoms with van der Waals surface area (Å²) in [6.07, 6.45) is 1.51. The van der Waals surface area contributed by atoms with Crippen molar-refractivity contribution in [2.75, 3.05) is 20.2 Å². The molecular formula is C22H27NO4. The summed E-state index contributed by atoms with van der Waals surface area (Å²) in [6.45, 7) is 6.99. The number of rotatable bonds is 2. The summed E-state index contributed by atoms with van der Waals surface area (Å²) in [4.78, 5) is 26.1. The highest BCUT2D eigenvalue weighted by Gasteiger charge is 2.28. The number of hydrogen-bond acceptors (Lipinski definition) is 4. The molecule has 1 amide bonds. The fraction of sp³-hybridized carbons (Fsp3) is 0.455. The number of fused-ring (bicyclic) bond motifs is 1. The highest BCUT2D eigenvalue weighted by Crippen LogP contribution is 2.35. The van der Waals surface area contributed by atoms with Gasteiger partial charge < -0.3 is 14.4 Å². The Morgan fingerprint density at radius 2 is 1.63 bits per heavy atom. The van der Waals surface area contributed by atoms with Crippen LogP contribution in [0.25, 0.3) is 10.8 Å². The Morgan fingerprint density at radius 1 is 1.00 bits per heavy atom. The van der Waals surface area contributed by atoms with Crippen molar-refractivity contribution in [3.8, 4) is 0 Å². The number of esters is 1. The van der Waals surface area contributed by atoms with Crippen molar-refractivity contribution in [3.05, 3.63) is 47.5 Å². The summed E-state index contributed by atoms with van der Waals surface area (Å²) < 4.78 is 10.4. The number of carbonyl (C=O) groups excluding carboxylic acids is 2. The van der Waals surface area contributed by atoms with Gasteiger partial charge in [0.05, 0.1) is 12.7 Å². The largest absolute Gasteiger partial charge is 0.465 e. The number of nitrogens with zero attached hydrogens (tertiary/aromatic N) is 1. The lowest BCUT2D eigenvalue weighted by Crippen LogP contribution is -2.41. The van der Waals surface area contributed by atoms with Crippen molar-refractivity contribution in [2.45, 2.75) is 45.1 Å². The van der Waals surface area contributed by atoms with Crippen LogP contribution >= 0.6 is 0 Å². The van der Waals surface area contributed by atoms with Crippen LogP contribution in [0.5, 0.6) is 0 Å². The van der Waals surface area contributed by atoms with Crippen LogP contribution < -0.4 is 0 Å². The number of likely N-dealkylation sites (tertiary alicyclic amines) is 1. The van der Waals surface area contributed by atoms with Crippen molar-refractivity contribution in [3.63, 3.8) is 0 Å². The Hall–Kier alpha value is -2.56. The van der Waals surface area contributed by atoms with E-state index in [0.717, 1.165) is 23.6 Å². The van der Waals surface area contributed by atoms with Gasteiger partial charge in [0.2, 0.25) is 0 Å². The van der Waals surface area contributed by atoms with E-state index in [1.165, 1.54) is 12.7 Å². The lowest BCUT2D eigenvalue weighted by molar-refractivity contribution is 0.0205. The zero-order valence-corrected chi connectivity index (χ0v) is 16.5. The van der Waals surface area contributed by atoms with Crippen LogP contribution in [-0.2, 0) is 9.47 Å². The van der Waals surface area contributed by atoms with Crippen LogP contribution in [0, 0.1) is 0 Å². The van der Waals surface area contributed by atoms with Gasteiger partial charge in [-0.05, 0) is 61.9 Å². The third kappa shape index (κ3) is 4.24. The van der Waals surface area contributed by atoms with Gasteiger partial charge in [-0.1, -0.05) is 30.3 Å². The number of piperidine rings is 1. The molecule has 1 aliphatic heterocycles. The number of benzene rings is 2. The molecule has 0 radical (unpaired) electrons. The minimum absolute atomic E-state index is 0.244. The van der Waals surface area contributed by atoms with Gasteiger partial charge in [0.1, 0.15) is 5.60 Å². The van der Waals surface area contributed by atoms with E-state index in [1.54, 1.807) is 4.90 Å². The van der Waals surface area contributed by atoms with Gasteiger partial charge in [0.15, 0.2) is 0 Å². The molecule has 0 aromatic heterocycles. The molecule has 0 spiro atoms. The number of ether oxygens (including phenoxy) is 2. The van der Waals surface area contributed by atoms with Gasteiger partial charge in [0, 0.05) is 13.1 Å². The number of methoxy groups -OCH3 is 1. The van der Waals surface area contributed by atoms with Gasteiger partial charge >= 0.3 is 12.1 Å². The topological polar surface area (TPSA) is 55.8 Å². The summed E-state index contributed by atoms with van der Waals surface area (Å²) in [5, 5.41) is 1.99. The van der Waals surface area contributed by atoms with E-state index in [0.29, 0.717) is 24.6 Å². The molecule has 1 saturated heterocycles. The first-order valence-corrected chi connectivity index (χ1v) is 9.38. The second kappa shape index (κ2) is 7.59. The maximum absolute atomic E-state index is 12.3. The minimum Gasteiger partial charge on any atom is -0.465 e. The molecule has 0 unspecified atom stereocenters. The monoisotopic (exact) mass is 369 g/mol. The molecule has 1 aliphatic rings. The molecule has 1 fully saturated rings. The van der Waals surface area contributed by atoms with Crippen molar-refractivity contribution >= 4 is 22.8 Å². The average molecular weight is 369 g/mol. The van der Waals surface area contributed by atoms with Crippen LogP contribution in [0.3, 0.4) is 0 Å². The van der Waals surface area contributed by atoms with E-state index < -0.39 is 5.60 Å². The molecule has 2 aromatic carbocycles. The Bertz CT molecular complexity index is 845. The van der Waals surface area contributed by atoms with Gasteiger partial charge in [-0.2, -0.15) is 0 Å². The molecule has 1 heterocycles. The standard InChI is InChI=1S/C22H27NO4/c1-22(2,3)27-21(25)23-13-11-15(12-14-23)16-9-10-19(20(24)26-4)18-8-6-5-7-17(16)18/h5-10,15H,11-14H2,1-4H3. The normalized spacial score (nSPS) is 15.6. The minimum atomic E-state index is -0.478. The van der Waals surface area contributed by atoms with Crippen LogP contribution in [0.2, 0.25) is 0 Å². The Balaban J connectivity index is 1.80. The van der Waals surface area contributed by atoms with Gasteiger partial charge in [-0.15, -0.1) is 0 Å². The number of amides is 1. The van der Waals surface area contributed by atoms with E-state index in [1.807, 2.05) is 51.1 Å². The van der Waals surface area contributed by atoms with Crippen LogP contribution in [0.15, 0.2) is 36.4 Å². The Morgan fingerprint density at radius 3 is 2.22 bits per heavy atom. The molecular weight excluding hydrogens is 342 g/mol. The van der Waals surface area contributed by atoms with Crippen molar-refractivity contribution in [2.24, 2.45) is 0 Å². The van der Waals surface area contributed by atoms with Crippen LogP contribution in [-0.4, -0.2) is 42.8 Å². The zero-order valence-electron chi connectivity index (χ0n) is 16.5. The fourth-order valence-corrected chi connectivity index (χ4v) is 3.67. The Kier molecular flexibility index (Phi) is 5.40. The molecule has 3 rings (SSSR count). The van der Waals surface area contributed by atoms with Crippen molar-refractivity contribution < 1.29 is 19.1 Å². The number of carbonyl (C=O) groups is 2. The van der Waals surface area contributed by atoms with E-state index in [4.69, 9.17) is 9.47 Å². The van der Waals surface area contributed by atoms with Crippen molar-refractivity contribution in [1.29, 1.82) is 0 Å². The average Bonchev–Trinajstić information content (AvgIpc) is 2.65. The van der Waals surface area contributed by atoms with Gasteiger partial charge in [-0.3, -0.25) is 0 Å². The molecule has 0 bridgehead atoms. The highest BCUT2D eigenvalue weighted by molar-refractivity contribution is 6.05. The van der Waals surface area contributed by atoms with Gasteiger partial charge in [0.25, 0.3) is 0 Å². The summed E-state index contributed by atoms with van der Waals surface area (Å²) in [7, 11) is 1.40. The maximum atomic E-state index is 12.3. The molecule has 0 N–H and O–H groups in total. The van der Waals surface area contributed by atoms with Gasteiger partial charge in [-0.25, -0.2) is 9.59 Å². The highest BCUT2D eigenvalue weighted by atomic mass is 16.6. The quantitative estimate of drug-likeness (QED) is 0.718. The van der Waals surface area contributed by atoms with E-state index in [9.17, 15) is 9.59 Å². The molecule has 27 heavy (non-hydrogen) atoms. The zero-order chi connectivity index (χ0) is 19.6. The summed E-state index contributed by atoms with van der Waals surface area (Å²) in [5.74, 6) is 0.0257. The first-order valence-electron chi connectivity index (χ1n) is 9.38. The maximum Gasteiger partial charge on any atom is 0.410 e. The van der Waals surface area contributed by atoms with Crippen LogP contribution in [0.4, 0.5) is 4.79 Å². The summed E-state index contributed by atoms with van der Waals surface area (Å²) in [5.41, 5.74) is 1.33. The SMILES string of the molecule is COC(=O)c1ccc(C2CCN(C(=O)OC(C)(C)C)CC2)c2ccccc12. The third-order valence-electron chi connectivity index (χ3n) is 4.95. The molecule has 0 saturated carbocycles. The predicted molar refractivity (Wildman–Crippen MR) is 105 cm³/mol. The molecule has 144 valence electrons. The second-order valence-electron chi connectivity index (χ2n) is 7.98. The fourth-order valence-electron chi connectivity index (χ4n) is 3.67. The summed E-state index contributed by atoms with van der Waals surface area (Å²) in [6, 6.07) is 11.8. The van der Waals surface area contributed by atoms with Crippen LogP contribution in [0.1, 0.15) is 55.5 Å². The first kappa shape index (κ1) is 19.2. The second-order valence-corrected chi connectivity index (χ2v) is 7.98. The van der Waals surface area contributed by atoms with E-state index in [2.05, 4.69) is 6.07 Å². The smallest absolute Gasteiger partial charge is 0.410 e. The van der Waals surface area contributed by atoms with E-state index in [-0.39, 0.29) is 12.1 Å². The predicted octanol–water partition coefficient (Wildman–Crippen LogP) is 4.74.